The van der Waals surface area contributed by atoms with Gasteiger partial charge >= 0.3 is 0 Å². The molecule has 1 saturated carbocycles. The molecule has 1 heterocycles. The van der Waals surface area contributed by atoms with Gasteiger partial charge in [0.2, 0.25) is 5.91 Å². The van der Waals surface area contributed by atoms with Gasteiger partial charge in [0, 0.05) is 36.3 Å². The van der Waals surface area contributed by atoms with E-state index in [1.807, 2.05) is 0 Å². The largest absolute Gasteiger partial charge is 0.349 e. The topological polar surface area (TPSA) is 105 Å². The van der Waals surface area contributed by atoms with Crippen molar-refractivity contribution in [1.29, 1.82) is 0 Å². The van der Waals surface area contributed by atoms with Crippen molar-refractivity contribution in [2.75, 3.05) is 19.6 Å². The summed E-state index contributed by atoms with van der Waals surface area (Å²) in [5.74, 6) is 0.00959. The average Bonchev–Trinajstić information content (AvgIpc) is 2.80. The summed E-state index contributed by atoms with van der Waals surface area (Å²) in [7, 11) is 0. The first-order valence-corrected chi connectivity index (χ1v) is 11.5. The molecule has 174 valence electrons. The van der Waals surface area contributed by atoms with Gasteiger partial charge in [0.25, 0.3) is 11.6 Å². The summed E-state index contributed by atoms with van der Waals surface area (Å²) >= 11 is 0. The summed E-state index contributed by atoms with van der Waals surface area (Å²) in [6.07, 6.45) is 4.78. The molecule has 2 fully saturated rings. The highest BCUT2D eigenvalue weighted by molar-refractivity contribution is 5.96. The molecule has 0 spiro atoms. The standard InChI is InChI=1S/C25H30N4O4/c1-17-13-20(9-12-23(17)29(32)33)25(31)26-14-24(30)27-21-15-28(16-21)22-10-7-19(8-11-22)18-5-3-2-4-6-18/h2-6,9,12-13,19,21-22H,7-8,10-11,14-16H2,1H3,(H,26,31)(H,27,30). The SMILES string of the molecule is Cc1cc(C(=O)NCC(=O)NC2CN(C3CCC(c4ccccc4)CC3)C2)ccc1[N+](=O)[O-]. The van der Waals surface area contributed by atoms with Crippen LogP contribution in [0.5, 0.6) is 0 Å². The third-order valence-corrected chi connectivity index (χ3v) is 6.82. The Kier molecular flexibility index (Phi) is 7.03. The molecule has 4 rings (SSSR count). The van der Waals surface area contributed by atoms with Crippen LogP contribution in [0.15, 0.2) is 48.5 Å². The van der Waals surface area contributed by atoms with Crippen LogP contribution in [0.25, 0.3) is 0 Å². The lowest BCUT2D eigenvalue weighted by Gasteiger charge is -2.46. The zero-order chi connectivity index (χ0) is 23.4. The summed E-state index contributed by atoms with van der Waals surface area (Å²) in [6, 6.07) is 15.6. The highest BCUT2D eigenvalue weighted by Gasteiger charge is 2.35. The third-order valence-electron chi connectivity index (χ3n) is 6.82. The van der Waals surface area contributed by atoms with E-state index in [1.165, 1.54) is 49.4 Å². The maximum absolute atomic E-state index is 12.3. The van der Waals surface area contributed by atoms with Crippen molar-refractivity contribution in [3.05, 3.63) is 75.3 Å². The Bertz CT molecular complexity index is 1010. The molecule has 0 aromatic heterocycles. The molecule has 33 heavy (non-hydrogen) atoms. The van der Waals surface area contributed by atoms with E-state index in [0.717, 1.165) is 13.1 Å². The first kappa shape index (κ1) is 22.9. The summed E-state index contributed by atoms with van der Waals surface area (Å²) in [6.45, 7) is 3.16. The Morgan fingerprint density at radius 3 is 2.39 bits per heavy atom. The minimum absolute atomic E-state index is 0.0348. The fourth-order valence-electron chi connectivity index (χ4n) is 4.94. The molecule has 2 aliphatic rings. The highest BCUT2D eigenvalue weighted by Crippen LogP contribution is 2.35. The van der Waals surface area contributed by atoms with Gasteiger partial charge in [0.1, 0.15) is 0 Å². The number of carbonyl (C=O) groups is 2. The van der Waals surface area contributed by atoms with E-state index in [9.17, 15) is 19.7 Å². The second-order valence-electron chi connectivity index (χ2n) is 9.08. The van der Waals surface area contributed by atoms with Crippen LogP contribution in [-0.2, 0) is 4.79 Å². The number of likely N-dealkylation sites (tertiary alicyclic amines) is 1. The van der Waals surface area contributed by atoms with E-state index >= 15 is 0 Å². The van der Waals surface area contributed by atoms with Crippen molar-refractivity contribution < 1.29 is 14.5 Å². The van der Waals surface area contributed by atoms with Crippen LogP contribution in [0.1, 0.15) is 53.1 Å². The molecular weight excluding hydrogens is 420 g/mol. The van der Waals surface area contributed by atoms with Crippen molar-refractivity contribution in [2.45, 2.75) is 50.6 Å². The van der Waals surface area contributed by atoms with Crippen LogP contribution in [0.3, 0.4) is 0 Å². The Morgan fingerprint density at radius 2 is 1.76 bits per heavy atom. The molecule has 2 aromatic carbocycles. The zero-order valence-corrected chi connectivity index (χ0v) is 18.8. The Morgan fingerprint density at radius 1 is 1.06 bits per heavy atom. The monoisotopic (exact) mass is 450 g/mol. The number of hydrogen-bond acceptors (Lipinski definition) is 5. The van der Waals surface area contributed by atoms with Crippen molar-refractivity contribution in [2.24, 2.45) is 0 Å². The van der Waals surface area contributed by atoms with E-state index in [-0.39, 0.29) is 24.2 Å². The fourth-order valence-corrected chi connectivity index (χ4v) is 4.94. The fraction of sp³-hybridized carbons (Fsp3) is 0.440. The van der Waals surface area contributed by atoms with E-state index in [0.29, 0.717) is 23.1 Å². The quantitative estimate of drug-likeness (QED) is 0.498. The van der Waals surface area contributed by atoms with E-state index in [2.05, 4.69) is 45.9 Å². The van der Waals surface area contributed by atoms with E-state index in [4.69, 9.17) is 0 Å². The third kappa shape index (κ3) is 5.57. The molecule has 1 saturated heterocycles. The second kappa shape index (κ2) is 10.1. The predicted octanol–water partition coefficient (Wildman–Crippen LogP) is 3.16. The van der Waals surface area contributed by atoms with Gasteiger partial charge in [-0.2, -0.15) is 0 Å². The van der Waals surface area contributed by atoms with Crippen LogP contribution < -0.4 is 10.6 Å². The highest BCUT2D eigenvalue weighted by atomic mass is 16.6. The maximum atomic E-state index is 12.3. The zero-order valence-electron chi connectivity index (χ0n) is 18.8. The molecule has 0 radical (unpaired) electrons. The molecule has 0 atom stereocenters. The Hall–Kier alpha value is -3.26. The minimum atomic E-state index is -0.485. The van der Waals surface area contributed by atoms with Gasteiger partial charge in [-0.3, -0.25) is 24.6 Å². The number of aryl methyl sites for hydroxylation is 1. The van der Waals surface area contributed by atoms with Gasteiger partial charge < -0.3 is 10.6 Å². The van der Waals surface area contributed by atoms with Gasteiger partial charge in [0.15, 0.2) is 0 Å². The van der Waals surface area contributed by atoms with Crippen LogP contribution >= 0.6 is 0 Å². The van der Waals surface area contributed by atoms with Crippen molar-refractivity contribution in [3.8, 4) is 0 Å². The smallest absolute Gasteiger partial charge is 0.272 e. The van der Waals surface area contributed by atoms with Crippen molar-refractivity contribution in [3.63, 3.8) is 0 Å². The van der Waals surface area contributed by atoms with E-state index in [1.54, 1.807) is 6.92 Å². The molecule has 2 N–H and O–H groups in total. The van der Waals surface area contributed by atoms with Gasteiger partial charge in [-0.15, -0.1) is 0 Å². The first-order chi connectivity index (χ1) is 15.9. The molecule has 8 heteroatoms. The van der Waals surface area contributed by atoms with E-state index < -0.39 is 10.8 Å². The predicted molar refractivity (Wildman–Crippen MR) is 125 cm³/mol. The number of amides is 2. The molecule has 1 aliphatic heterocycles. The first-order valence-electron chi connectivity index (χ1n) is 11.5. The molecule has 2 aromatic rings. The number of carbonyl (C=O) groups excluding carboxylic acids is 2. The number of hydrogen-bond donors (Lipinski definition) is 2. The van der Waals surface area contributed by atoms with Gasteiger partial charge in [-0.1, -0.05) is 30.3 Å². The minimum Gasteiger partial charge on any atom is -0.349 e. The molecule has 8 nitrogen and oxygen atoms in total. The van der Waals surface area contributed by atoms with Crippen LogP contribution in [0, 0.1) is 17.0 Å². The molecule has 2 amide bonds. The van der Waals surface area contributed by atoms with Crippen LogP contribution in [0.4, 0.5) is 5.69 Å². The lowest BCUT2D eigenvalue weighted by atomic mass is 9.80. The maximum Gasteiger partial charge on any atom is 0.272 e. The lowest BCUT2D eigenvalue weighted by Crippen LogP contribution is -2.63. The average molecular weight is 451 g/mol. The summed E-state index contributed by atoms with van der Waals surface area (Å²) < 4.78 is 0. The molecule has 0 unspecified atom stereocenters. The lowest BCUT2D eigenvalue weighted by molar-refractivity contribution is -0.385. The van der Waals surface area contributed by atoms with Crippen molar-refractivity contribution in [1.82, 2.24) is 15.5 Å². The van der Waals surface area contributed by atoms with Crippen molar-refractivity contribution >= 4 is 17.5 Å². The van der Waals surface area contributed by atoms with Gasteiger partial charge in [-0.05, 0) is 56.2 Å². The Labute approximate surface area is 193 Å². The normalized spacial score (nSPS) is 21.1. The number of nitrogens with one attached hydrogen (secondary N) is 2. The summed E-state index contributed by atoms with van der Waals surface area (Å²) in [4.78, 5) is 37.4. The number of benzene rings is 2. The van der Waals surface area contributed by atoms with Gasteiger partial charge in [-0.25, -0.2) is 0 Å². The number of nitrogens with zero attached hydrogens (tertiary/aromatic N) is 2. The van der Waals surface area contributed by atoms with Gasteiger partial charge in [0.05, 0.1) is 17.5 Å². The van der Waals surface area contributed by atoms with Crippen LogP contribution in [0.2, 0.25) is 0 Å². The molecule has 0 bridgehead atoms. The number of nitro groups is 1. The molecule has 1 aliphatic carbocycles. The number of nitro benzene ring substituents is 1. The Balaban J connectivity index is 1.15. The summed E-state index contributed by atoms with van der Waals surface area (Å²) in [5.41, 5.74) is 2.11. The number of rotatable bonds is 7. The van der Waals surface area contributed by atoms with Crippen LogP contribution in [-0.4, -0.2) is 53.4 Å². The summed E-state index contributed by atoms with van der Waals surface area (Å²) in [5, 5.41) is 16.5. The second-order valence-corrected chi connectivity index (χ2v) is 9.08. The molecular formula is C25H30N4O4.